The SMILES string of the molecule is Cc1c(N2CCSCC2)c([N+](=O)[O-])cc2c(=O)c(C(=O)O)cn(C3CC3)c12. The van der Waals surface area contributed by atoms with Crippen LogP contribution in [0, 0.1) is 17.0 Å². The van der Waals surface area contributed by atoms with Crippen LogP contribution in [0.15, 0.2) is 17.1 Å². The van der Waals surface area contributed by atoms with Gasteiger partial charge in [0.2, 0.25) is 5.43 Å². The van der Waals surface area contributed by atoms with Gasteiger partial charge in [-0.1, -0.05) is 0 Å². The zero-order chi connectivity index (χ0) is 19.3. The number of anilines is 1. The van der Waals surface area contributed by atoms with E-state index in [0.29, 0.717) is 29.9 Å². The Balaban J connectivity index is 2.08. The van der Waals surface area contributed by atoms with Crippen molar-refractivity contribution in [3.05, 3.63) is 43.7 Å². The Hall–Kier alpha value is -2.55. The second-order valence-corrected chi connectivity index (χ2v) is 8.16. The number of hydrogen-bond acceptors (Lipinski definition) is 6. The van der Waals surface area contributed by atoms with Gasteiger partial charge >= 0.3 is 5.97 Å². The summed E-state index contributed by atoms with van der Waals surface area (Å²) in [7, 11) is 0. The largest absolute Gasteiger partial charge is 0.477 e. The molecule has 1 N–H and O–H groups in total. The number of nitrogens with zero attached hydrogens (tertiary/aromatic N) is 3. The minimum atomic E-state index is -1.31. The minimum absolute atomic E-state index is 0.112. The van der Waals surface area contributed by atoms with Crippen LogP contribution in [0.3, 0.4) is 0 Å². The van der Waals surface area contributed by atoms with Gasteiger partial charge in [-0.05, 0) is 19.8 Å². The molecule has 0 unspecified atom stereocenters. The molecule has 1 saturated heterocycles. The van der Waals surface area contributed by atoms with Gasteiger partial charge in [-0.15, -0.1) is 0 Å². The molecule has 2 aliphatic rings. The average Bonchev–Trinajstić information content (AvgIpc) is 3.47. The molecule has 27 heavy (non-hydrogen) atoms. The van der Waals surface area contributed by atoms with Gasteiger partial charge < -0.3 is 14.6 Å². The van der Waals surface area contributed by atoms with Crippen molar-refractivity contribution < 1.29 is 14.8 Å². The van der Waals surface area contributed by atoms with Crippen molar-refractivity contribution in [2.75, 3.05) is 29.5 Å². The minimum Gasteiger partial charge on any atom is -0.477 e. The molecular formula is C18H19N3O5S. The summed E-state index contributed by atoms with van der Waals surface area (Å²) in [6, 6.07) is 1.41. The van der Waals surface area contributed by atoms with E-state index >= 15 is 0 Å². The summed E-state index contributed by atoms with van der Waals surface area (Å²) in [5.74, 6) is 0.470. The predicted molar refractivity (Wildman–Crippen MR) is 104 cm³/mol. The number of thioether (sulfide) groups is 1. The molecule has 0 bridgehead atoms. The summed E-state index contributed by atoms with van der Waals surface area (Å²) < 4.78 is 1.83. The summed E-state index contributed by atoms with van der Waals surface area (Å²) in [6.07, 6.45) is 3.21. The number of benzene rings is 1. The van der Waals surface area contributed by atoms with E-state index in [2.05, 4.69) is 0 Å². The fraction of sp³-hybridized carbons (Fsp3) is 0.444. The Labute approximate surface area is 158 Å². The molecule has 1 aromatic carbocycles. The number of carboxylic acid groups (broad SMARTS) is 1. The third-order valence-electron chi connectivity index (χ3n) is 5.20. The van der Waals surface area contributed by atoms with Gasteiger partial charge in [0.1, 0.15) is 11.3 Å². The van der Waals surface area contributed by atoms with E-state index in [1.807, 2.05) is 21.2 Å². The van der Waals surface area contributed by atoms with Gasteiger partial charge in [-0.3, -0.25) is 14.9 Å². The smallest absolute Gasteiger partial charge is 0.341 e. The Morgan fingerprint density at radius 3 is 2.56 bits per heavy atom. The van der Waals surface area contributed by atoms with E-state index in [1.54, 1.807) is 6.92 Å². The van der Waals surface area contributed by atoms with Crippen molar-refractivity contribution in [3.8, 4) is 0 Å². The standard InChI is InChI=1S/C18H19N3O5S/c1-10-15-12(17(22)13(18(23)24)9-20(15)11-2-3-11)8-14(21(25)26)16(10)19-4-6-27-7-5-19/h8-9,11H,2-7H2,1H3,(H,23,24). The zero-order valence-electron chi connectivity index (χ0n) is 14.8. The number of fused-ring (bicyclic) bond motifs is 1. The number of nitro groups is 1. The second kappa shape index (κ2) is 6.56. The van der Waals surface area contributed by atoms with Crippen LogP contribution in [0.5, 0.6) is 0 Å². The molecule has 0 atom stereocenters. The van der Waals surface area contributed by atoms with Crippen LogP contribution >= 0.6 is 11.8 Å². The van der Waals surface area contributed by atoms with Crippen molar-refractivity contribution in [1.82, 2.24) is 4.57 Å². The van der Waals surface area contributed by atoms with E-state index in [1.165, 1.54) is 12.3 Å². The second-order valence-electron chi connectivity index (χ2n) is 6.94. The summed E-state index contributed by atoms with van der Waals surface area (Å²) in [5, 5.41) is 21.3. The first-order valence-corrected chi connectivity index (χ1v) is 9.98. The Bertz CT molecular complexity index is 1020. The topological polar surface area (TPSA) is 106 Å². The third kappa shape index (κ3) is 2.95. The number of carboxylic acids is 1. The molecule has 142 valence electrons. The van der Waals surface area contributed by atoms with E-state index in [0.717, 1.165) is 24.3 Å². The summed E-state index contributed by atoms with van der Waals surface area (Å²) in [5.41, 5.74) is 0.698. The molecule has 0 radical (unpaired) electrons. The highest BCUT2D eigenvalue weighted by molar-refractivity contribution is 7.99. The van der Waals surface area contributed by atoms with Crippen LogP contribution in [0.2, 0.25) is 0 Å². The van der Waals surface area contributed by atoms with Gasteiger partial charge in [0.15, 0.2) is 0 Å². The van der Waals surface area contributed by atoms with Crippen LogP contribution in [-0.2, 0) is 0 Å². The summed E-state index contributed by atoms with van der Waals surface area (Å²) >= 11 is 1.81. The monoisotopic (exact) mass is 389 g/mol. The number of aromatic carboxylic acids is 1. The molecule has 1 aromatic heterocycles. The predicted octanol–water partition coefficient (Wildman–Crippen LogP) is 2.80. The zero-order valence-corrected chi connectivity index (χ0v) is 15.6. The summed E-state index contributed by atoms with van der Waals surface area (Å²) in [4.78, 5) is 37.6. The lowest BCUT2D eigenvalue weighted by atomic mass is 10.0. The molecule has 0 spiro atoms. The molecule has 1 saturated carbocycles. The number of aryl methyl sites for hydroxylation is 1. The maximum atomic E-state index is 12.7. The molecule has 2 fully saturated rings. The molecule has 8 nitrogen and oxygen atoms in total. The van der Waals surface area contributed by atoms with Crippen LogP contribution in [0.25, 0.3) is 10.9 Å². The van der Waals surface area contributed by atoms with E-state index in [4.69, 9.17) is 0 Å². The molecule has 2 heterocycles. The first-order chi connectivity index (χ1) is 12.9. The molecule has 9 heteroatoms. The van der Waals surface area contributed by atoms with Crippen molar-refractivity contribution in [1.29, 1.82) is 0 Å². The van der Waals surface area contributed by atoms with Gasteiger partial charge in [-0.25, -0.2) is 4.79 Å². The Kier molecular flexibility index (Phi) is 4.33. The fourth-order valence-corrected chi connectivity index (χ4v) is 4.71. The van der Waals surface area contributed by atoms with E-state index < -0.39 is 16.3 Å². The lowest BCUT2D eigenvalue weighted by molar-refractivity contribution is -0.384. The van der Waals surface area contributed by atoms with Crippen molar-refractivity contribution in [2.24, 2.45) is 0 Å². The highest BCUT2D eigenvalue weighted by atomic mass is 32.2. The first kappa shape index (κ1) is 17.8. The lowest BCUT2D eigenvalue weighted by Gasteiger charge is -2.30. The number of carbonyl (C=O) groups is 1. The highest BCUT2D eigenvalue weighted by Crippen LogP contribution is 2.42. The number of aromatic nitrogens is 1. The van der Waals surface area contributed by atoms with E-state index in [9.17, 15) is 24.8 Å². The van der Waals surface area contributed by atoms with Crippen LogP contribution in [0.1, 0.15) is 34.8 Å². The van der Waals surface area contributed by atoms with Crippen LogP contribution < -0.4 is 10.3 Å². The fourth-order valence-electron chi connectivity index (χ4n) is 3.81. The third-order valence-corrected chi connectivity index (χ3v) is 6.14. The Morgan fingerprint density at radius 2 is 2.00 bits per heavy atom. The quantitative estimate of drug-likeness (QED) is 0.633. The van der Waals surface area contributed by atoms with Gasteiger partial charge in [0.25, 0.3) is 5.69 Å². The van der Waals surface area contributed by atoms with Gasteiger partial charge in [0, 0.05) is 48.5 Å². The number of nitro benzene ring substituents is 1. The lowest BCUT2D eigenvalue weighted by Crippen LogP contribution is -2.33. The van der Waals surface area contributed by atoms with Crippen LogP contribution in [0.4, 0.5) is 11.4 Å². The average molecular weight is 389 g/mol. The van der Waals surface area contributed by atoms with Crippen molar-refractivity contribution >= 4 is 40.0 Å². The highest BCUT2D eigenvalue weighted by Gasteiger charge is 2.32. The first-order valence-electron chi connectivity index (χ1n) is 8.83. The van der Waals surface area contributed by atoms with E-state index in [-0.39, 0.29) is 22.7 Å². The number of hydrogen-bond donors (Lipinski definition) is 1. The summed E-state index contributed by atoms with van der Waals surface area (Å²) in [6.45, 7) is 3.21. The molecule has 1 aliphatic heterocycles. The molecule has 2 aromatic rings. The molecule has 1 aliphatic carbocycles. The van der Waals surface area contributed by atoms with Crippen molar-refractivity contribution in [2.45, 2.75) is 25.8 Å². The van der Waals surface area contributed by atoms with Crippen LogP contribution in [-0.4, -0.2) is 45.2 Å². The number of rotatable bonds is 4. The Morgan fingerprint density at radius 1 is 1.33 bits per heavy atom. The maximum Gasteiger partial charge on any atom is 0.341 e. The molecule has 0 amide bonds. The van der Waals surface area contributed by atoms with Gasteiger partial charge in [-0.2, -0.15) is 11.8 Å². The van der Waals surface area contributed by atoms with Crippen molar-refractivity contribution in [3.63, 3.8) is 0 Å². The number of pyridine rings is 1. The molecule has 4 rings (SSSR count). The normalized spacial score (nSPS) is 17.3. The maximum absolute atomic E-state index is 12.7. The van der Waals surface area contributed by atoms with Gasteiger partial charge in [0.05, 0.1) is 15.8 Å². The molecular weight excluding hydrogens is 370 g/mol.